The van der Waals surface area contributed by atoms with Crippen molar-refractivity contribution in [2.45, 2.75) is 170 Å². The molecule has 10 atom stereocenters. The minimum absolute atomic E-state index is 0.0214. The number of aliphatic carboxylic acids is 7. The number of hydrogen-bond donors (Lipinski definition) is 21. The first-order chi connectivity index (χ1) is 39.1. The molecule has 0 aliphatic heterocycles. The summed E-state index contributed by atoms with van der Waals surface area (Å²) in [4.78, 5) is 198. The van der Waals surface area contributed by atoms with Crippen molar-refractivity contribution in [1.29, 1.82) is 0 Å². The number of aliphatic hydroxyl groups excluding tert-OH is 1. The Labute approximate surface area is 477 Å². The van der Waals surface area contributed by atoms with Crippen molar-refractivity contribution < 1.29 is 113 Å². The summed E-state index contributed by atoms with van der Waals surface area (Å²) in [6.07, 6.45) is -11.6. The van der Waals surface area contributed by atoms with E-state index in [1.54, 1.807) is 0 Å². The SMILES string of the molecule is C[C@H](O)[C@@H](NC(=O)[C@H](CCC(=O)O)NC(=O)[C@H](CCC(=O)O)NC(=O)[C@@H](CCC(=O)O)NC(=O)[C@H](CCCN=C(N)N)NC(=O)[C@@H](N)CCCN=C(N)N)C(=O)N[C@@H](CCC(=O)O)C(=O)N[C@@H](CCC(=O)O)C(=O)N[C@@H](CCC(=O)O)C(=O)O. The van der Waals surface area contributed by atoms with Crippen LogP contribution in [0, 0.1) is 0 Å². The van der Waals surface area contributed by atoms with Crippen LogP contribution in [0.2, 0.25) is 0 Å². The van der Waals surface area contributed by atoms with E-state index < -0.39 is 227 Å². The van der Waals surface area contributed by atoms with E-state index in [1.807, 2.05) is 16.0 Å². The second-order valence-electron chi connectivity index (χ2n) is 18.6. The summed E-state index contributed by atoms with van der Waals surface area (Å²) in [6, 6.07) is -16.7. The molecular weight excluding hydrogens is 1130 g/mol. The van der Waals surface area contributed by atoms with Crippen LogP contribution in [0.3, 0.4) is 0 Å². The monoisotopic (exact) mass is 1210 g/mol. The zero-order chi connectivity index (χ0) is 64.4. The molecule has 0 heterocycles. The highest BCUT2D eigenvalue weighted by atomic mass is 16.4. The Hall–Kier alpha value is -9.49. The van der Waals surface area contributed by atoms with Gasteiger partial charge in [0.05, 0.1) is 12.1 Å². The summed E-state index contributed by atoms with van der Waals surface area (Å²) in [7, 11) is 0. The van der Waals surface area contributed by atoms with Gasteiger partial charge in [-0.15, -0.1) is 0 Å². The highest BCUT2D eigenvalue weighted by Gasteiger charge is 2.37. The Morgan fingerprint density at radius 2 is 0.583 bits per heavy atom. The first-order valence-corrected chi connectivity index (χ1v) is 25.7. The molecule has 0 saturated carbocycles. The minimum Gasteiger partial charge on any atom is -0.481 e. The number of aliphatic imine (C=N–C) groups is 2. The number of nitrogens with zero attached hydrogens (tertiary/aromatic N) is 2. The van der Waals surface area contributed by atoms with Crippen LogP contribution in [0.5, 0.6) is 0 Å². The number of rotatable bonds is 44. The lowest BCUT2D eigenvalue weighted by atomic mass is 10.0. The maximum absolute atomic E-state index is 14.0. The van der Waals surface area contributed by atoms with Gasteiger partial charge in [-0.25, -0.2) is 4.79 Å². The van der Waals surface area contributed by atoms with Gasteiger partial charge in [-0.1, -0.05) is 0 Å². The summed E-state index contributed by atoms with van der Waals surface area (Å²) in [5, 5.41) is 93.5. The molecule has 0 unspecified atom stereocenters. The third-order valence-electron chi connectivity index (χ3n) is 11.6. The van der Waals surface area contributed by atoms with Gasteiger partial charge in [0.15, 0.2) is 11.9 Å². The van der Waals surface area contributed by atoms with Crippen molar-refractivity contribution in [3.05, 3.63) is 0 Å². The predicted octanol–water partition coefficient (Wildman–Crippen LogP) is -8.05. The van der Waals surface area contributed by atoms with Crippen molar-refractivity contribution in [3.8, 4) is 0 Å². The van der Waals surface area contributed by atoms with Crippen LogP contribution in [0.4, 0.5) is 0 Å². The smallest absolute Gasteiger partial charge is 0.326 e. The molecule has 0 aliphatic rings. The fourth-order valence-corrected chi connectivity index (χ4v) is 7.19. The molecule has 0 aromatic heterocycles. The molecule has 38 heteroatoms. The molecule has 84 heavy (non-hydrogen) atoms. The van der Waals surface area contributed by atoms with E-state index in [0.717, 1.165) is 6.92 Å². The molecule has 0 aromatic rings. The van der Waals surface area contributed by atoms with Gasteiger partial charge >= 0.3 is 41.8 Å². The number of hydrogen-bond acceptors (Lipinski definition) is 19. The topological polar surface area (TPSA) is 669 Å². The Morgan fingerprint density at radius 3 is 0.857 bits per heavy atom. The van der Waals surface area contributed by atoms with Crippen molar-refractivity contribution in [1.82, 2.24) is 42.5 Å². The van der Waals surface area contributed by atoms with Gasteiger partial charge in [0, 0.05) is 51.6 Å². The number of nitrogens with one attached hydrogen (secondary N) is 8. The Balaban J connectivity index is 6.98. The van der Waals surface area contributed by atoms with Gasteiger partial charge in [-0.3, -0.25) is 77.1 Å². The largest absolute Gasteiger partial charge is 0.481 e. The van der Waals surface area contributed by atoms with E-state index in [-0.39, 0.29) is 50.7 Å². The average molecular weight is 1210 g/mol. The number of carboxylic acid groups (broad SMARTS) is 7. The quantitative estimate of drug-likeness (QED) is 0.0153. The van der Waals surface area contributed by atoms with E-state index in [1.165, 1.54) is 0 Å². The summed E-state index contributed by atoms with van der Waals surface area (Å²) in [5.41, 5.74) is 27.4. The molecule has 0 aliphatic carbocycles. The van der Waals surface area contributed by atoms with Crippen LogP contribution < -0.4 is 71.2 Å². The molecule has 0 aromatic carbocycles. The Bertz CT molecular complexity index is 2420. The van der Waals surface area contributed by atoms with E-state index in [2.05, 4.69) is 36.6 Å². The van der Waals surface area contributed by atoms with Crippen molar-refractivity contribution >= 4 is 101 Å². The summed E-state index contributed by atoms with van der Waals surface area (Å²) < 4.78 is 0. The van der Waals surface area contributed by atoms with Gasteiger partial charge in [-0.05, 0) is 71.1 Å². The zero-order valence-corrected chi connectivity index (χ0v) is 45.5. The predicted molar refractivity (Wildman–Crippen MR) is 284 cm³/mol. The van der Waals surface area contributed by atoms with Crippen LogP contribution in [0.15, 0.2) is 9.98 Å². The van der Waals surface area contributed by atoms with Crippen molar-refractivity contribution in [2.75, 3.05) is 13.1 Å². The van der Waals surface area contributed by atoms with E-state index in [9.17, 15) is 108 Å². The maximum atomic E-state index is 14.0. The Morgan fingerprint density at radius 1 is 0.345 bits per heavy atom. The molecule has 8 amide bonds. The number of carboxylic acids is 7. The van der Waals surface area contributed by atoms with Gasteiger partial charge in [0.2, 0.25) is 47.3 Å². The normalized spacial score (nSPS) is 14.3. The molecule has 0 bridgehead atoms. The molecule has 0 rings (SSSR count). The van der Waals surface area contributed by atoms with E-state index in [4.69, 9.17) is 33.8 Å². The van der Waals surface area contributed by atoms with E-state index >= 15 is 0 Å². The second kappa shape index (κ2) is 39.0. The van der Waals surface area contributed by atoms with Crippen LogP contribution in [0.1, 0.15) is 110 Å². The summed E-state index contributed by atoms with van der Waals surface area (Å²) in [5.74, 6) is -21.8. The third kappa shape index (κ3) is 32.7. The lowest BCUT2D eigenvalue weighted by Crippen LogP contribution is -2.62. The molecule has 38 nitrogen and oxygen atoms in total. The van der Waals surface area contributed by atoms with E-state index in [0.29, 0.717) is 0 Å². The molecule has 26 N–H and O–H groups in total. The number of carbonyl (C=O) groups is 15. The molecule has 0 spiro atoms. The van der Waals surface area contributed by atoms with Crippen molar-refractivity contribution in [2.24, 2.45) is 38.7 Å². The van der Waals surface area contributed by atoms with Gasteiger partial charge in [0.25, 0.3) is 0 Å². The Kier molecular flexibility index (Phi) is 34.6. The highest BCUT2D eigenvalue weighted by molar-refractivity contribution is 5.99. The minimum atomic E-state index is -2.19. The number of guanidine groups is 2. The van der Waals surface area contributed by atoms with Gasteiger partial charge in [-0.2, -0.15) is 0 Å². The van der Waals surface area contributed by atoms with Crippen molar-refractivity contribution in [3.63, 3.8) is 0 Å². The first-order valence-electron chi connectivity index (χ1n) is 25.7. The molecule has 0 radical (unpaired) electrons. The van der Waals surface area contributed by atoms with Crippen LogP contribution >= 0.6 is 0 Å². The third-order valence-corrected chi connectivity index (χ3v) is 11.6. The standard InChI is InChI=1S/C46H75N15O23/c1-20(62)35(43(82)59-26(9-15-32(69)70)40(79)57-25(8-14-31(67)68)41(80)60-28(44(83)84)11-17-34(73)74)61-42(81)27(10-16-33(71)72)58-39(78)24(7-13-30(65)66)56-38(77)23(6-12-29(63)64)55-37(76)22(5-3-19-53-46(50)51)54-36(75)21(47)4-2-18-52-45(48)49/h20-28,35,62H,2-19,47H2,1H3,(H,54,75)(H,55,76)(H,56,77)(H,57,79)(H,58,78)(H,59,82)(H,60,80)(H,61,81)(H,63,64)(H,65,66)(H,67,68)(H,69,70)(H,71,72)(H,73,74)(H,83,84)(H4,48,49,52)(H4,50,51,53)/t20-,21-,22-,23+,24-,25-,26-,27-,28-,35+/m0/s1. The highest BCUT2D eigenvalue weighted by Crippen LogP contribution is 2.11. The van der Waals surface area contributed by atoms with Crippen LogP contribution in [-0.4, -0.2) is 215 Å². The fourth-order valence-electron chi connectivity index (χ4n) is 7.19. The zero-order valence-electron chi connectivity index (χ0n) is 45.5. The van der Waals surface area contributed by atoms with Gasteiger partial charge in [0.1, 0.15) is 48.3 Å². The van der Waals surface area contributed by atoms with Crippen LogP contribution in [0.25, 0.3) is 0 Å². The summed E-state index contributed by atoms with van der Waals surface area (Å²) >= 11 is 0. The lowest BCUT2D eigenvalue weighted by molar-refractivity contribution is -0.144. The summed E-state index contributed by atoms with van der Waals surface area (Å²) in [6.45, 7) is 0.938. The molecule has 0 fully saturated rings. The molecular formula is C46H75N15O23. The number of nitrogens with two attached hydrogens (primary N) is 5. The average Bonchev–Trinajstić information content (AvgIpc) is 3.59. The number of amides is 8. The molecule has 0 saturated heterocycles. The first kappa shape index (κ1) is 74.5. The number of carbonyl (C=O) groups excluding carboxylic acids is 8. The lowest BCUT2D eigenvalue weighted by Gasteiger charge is -2.28. The molecule has 472 valence electrons. The fraction of sp³-hybridized carbons (Fsp3) is 0.630. The van der Waals surface area contributed by atoms with Gasteiger partial charge < -0.3 is 112 Å². The number of aliphatic hydroxyl groups is 1. The maximum Gasteiger partial charge on any atom is 0.326 e. The van der Waals surface area contributed by atoms with Crippen LogP contribution in [-0.2, 0) is 71.9 Å². The second-order valence-corrected chi connectivity index (χ2v) is 18.6.